The lowest BCUT2D eigenvalue weighted by Crippen LogP contribution is -2.61. The number of aliphatic hydroxyl groups is 1. The number of rotatable bonds is 18. The van der Waals surface area contributed by atoms with Crippen molar-refractivity contribution < 1.29 is 37.8 Å². The van der Waals surface area contributed by atoms with Crippen molar-refractivity contribution in [3.63, 3.8) is 0 Å². The molecular formula is C50H63ClF2N10O6S2. The average molecular weight is 1040 g/mol. The van der Waals surface area contributed by atoms with Gasteiger partial charge in [0, 0.05) is 75.2 Å². The summed E-state index contributed by atoms with van der Waals surface area (Å²) in [5.74, 6) is 0.336. The molecule has 0 bridgehead atoms. The van der Waals surface area contributed by atoms with Crippen molar-refractivity contribution in [1.29, 1.82) is 0 Å². The minimum atomic E-state index is -2.04. The van der Waals surface area contributed by atoms with Crippen LogP contribution in [0.15, 0.2) is 48.1 Å². The Morgan fingerprint density at radius 3 is 2.44 bits per heavy atom. The van der Waals surface area contributed by atoms with Crippen LogP contribution in [0, 0.1) is 24.6 Å². The molecular weight excluding hydrogens is 974 g/mol. The third kappa shape index (κ3) is 12.4. The van der Waals surface area contributed by atoms with E-state index in [1.165, 1.54) is 28.5 Å². The van der Waals surface area contributed by atoms with Crippen LogP contribution in [-0.2, 0) is 20.9 Å². The van der Waals surface area contributed by atoms with Crippen LogP contribution >= 0.6 is 34.7 Å². The summed E-state index contributed by atoms with van der Waals surface area (Å²) < 4.78 is 35.1. The number of hydrogen-bond acceptors (Lipinski definition) is 14. The molecule has 4 aromatic rings. The number of likely N-dealkylation sites (tertiary alicyclic amines) is 1. The number of piperazine rings is 1. The molecule has 71 heavy (non-hydrogen) atoms. The van der Waals surface area contributed by atoms with E-state index in [4.69, 9.17) is 16.3 Å². The predicted molar refractivity (Wildman–Crippen MR) is 272 cm³/mol. The standard InChI is InChI=1S/C50H63ClF2N10O6S2/c1-29-41(70-28-57-29)32-10-11-34(37(52)20-32)23-55-44(65)39-22-35(64)26-63(39)46(67)42(59-47(68)50(53)14-15-50)49(2,3)71-27-31-8-6-30(7-9-31)25-61-16-18-62(19-17-61)45(66)33-12-13-38(40(21-33)69-5)58-48-56-24-36(51)43(54-4)60-48/h10-13,20-21,24,28,30-31,35,39,42,64H,6-9,14-19,22-23,25-27H2,1-5H3,(H,55,65)(H,59,68)(H2,54,56,58,60)/t30?,31?,35-,39-,42?/m1/s1. The highest BCUT2D eigenvalue weighted by Crippen LogP contribution is 2.42. The Morgan fingerprint density at radius 2 is 1.77 bits per heavy atom. The van der Waals surface area contributed by atoms with Crippen LogP contribution in [0.1, 0.15) is 80.4 Å². The Morgan fingerprint density at radius 1 is 1.04 bits per heavy atom. The molecule has 2 aliphatic heterocycles. The van der Waals surface area contributed by atoms with Crippen molar-refractivity contribution in [2.75, 3.05) is 69.8 Å². The Balaban J connectivity index is 0.814. The van der Waals surface area contributed by atoms with Crippen molar-refractivity contribution in [2.45, 2.75) is 101 Å². The van der Waals surface area contributed by atoms with Crippen LogP contribution in [0.4, 0.5) is 26.2 Å². The van der Waals surface area contributed by atoms with Gasteiger partial charge in [0.2, 0.25) is 17.8 Å². The molecule has 1 unspecified atom stereocenters. The SMILES string of the molecule is CNc1nc(Nc2ccc(C(=O)N3CCN(CC4CCC(CSC(C)(C)C(NC(=O)C5(F)CC5)C(=O)N5C[C@H](O)C[C@@H]5C(=O)NCc5ccc(-c6scnc6C)cc5F)CC4)CC3)cc2OC)ncc1Cl. The maximum absolute atomic E-state index is 15.2. The van der Waals surface area contributed by atoms with E-state index in [1.54, 1.807) is 61.8 Å². The number of carbonyl (C=O) groups is 4. The van der Waals surface area contributed by atoms with Crippen LogP contribution in [0.2, 0.25) is 5.02 Å². The molecule has 4 heterocycles. The van der Waals surface area contributed by atoms with Gasteiger partial charge >= 0.3 is 0 Å². The van der Waals surface area contributed by atoms with Gasteiger partial charge in [-0.3, -0.25) is 24.1 Å². The summed E-state index contributed by atoms with van der Waals surface area (Å²) in [6, 6.07) is 7.78. The van der Waals surface area contributed by atoms with Gasteiger partial charge in [-0.25, -0.2) is 18.7 Å². The summed E-state index contributed by atoms with van der Waals surface area (Å²) in [6.07, 6.45) is 4.67. The molecule has 3 atom stereocenters. The van der Waals surface area contributed by atoms with Gasteiger partial charge in [-0.15, -0.1) is 11.3 Å². The maximum atomic E-state index is 15.2. The van der Waals surface area contributed by atoms with E-state index in [1.807, 2.05) is 25.7 Å². The second-order valence-electron chi connectivity index (χ2n) is 19.6. The third-order valence-electron chi connectivity index (χ3n) is 14.2. The number of alkyl halides is 1. The summed E-state index contributed by atoms with van der Waals surface area (Å²) in [6.45, 7) is 9.00. The highest BCUT2D eigenvalue weighted by molar-refractivity contribution is 8.00. The Kier molecular flexibility index (Phi) is 16.4. The molecule has 4 aliphatic rings. The third-order valence-corrected chi connectivity index (χ3v) is 17.1. The number of amides is 4. The molecule has 2 aliphatic carbocycles. The van der Waals surface area contributed by atoms with Crippen molar-refractivity contribution in [3.8, 4) is 16.2 Å². The van der Waals surface area contributed by atoms with E-state index >= 15 is 8.78 Å². The van der Waals surface area contributed by atoms with E-state index in [0.29, 0.717) is 70.0 Å². The molecule has 382 valence electrons. The van der Waals surface area contributed by atoms with Crippen LogP contribution in [-0.4, -0.2) is 146 Å². The lowest BCUT2D eigenvalue weighted by atomic mass is 9.82. The van der Waals surface area contributed by atoms with Crippen molar-refractivity contribution >= 4 is 75.8 Å². The first kappa shape index (κ1) is 52.2. The minimum Gasteiger partial charge on any atom is -0.495 e. The van der Waals surface area contributed by atoms with E-state index < -0.39 is 52.1 Å². The number of thioether (sulfide) groups is 1. The minimum absolute atomic E-state index is 0.0354. The number of halogens is 3. The molecule has 2 saturated heterocycles. The molecule has 0 radical (unpaired) electrons. The molecule has 2 aromatic heterocycles. The fourth-order valence-electron chi connectivity index (χ4n) is 9.64. The Hall–Kier alpha value is -5.15. The number of nitrogens with zero attached hydrogens (tertiary/aromatic N) is 6. The van der Waals surface area contributed by atoms with Gasteiger partial charge in [0.15, 0.2) is 5.67 Å². The number of benzene rings is 2. The van der Waals surface area contributed by atoms with Gasteiger partial charge in [-0.05, 0) is 107 Å². The van der Waals surface area contributed by atoms with Crippen LogP contribution < -0.4 is 26.0 Å². The van der Waals surface area contributed by atoms with Gasteiger partial charge in [-0.1, -0.05) is 23.7 Å². The molecule has 4 amide bonds. The monoisotopic (exact) mass is 1040 g/mol. The maximum Gasteiger partial charge on any atom is 0.258 e. The number of anilines is 3. The summed E-state index contributed by atoms with van der Waals surface area (Å²) in [7, 11) is 3.26. The lowest BCUT2D eigenvalue weighted by molar-refractivity contribution is -0.143. The van der Waals surface area contributed by atoms with Gasteiger partial charge in [0.1, 0.15) is 34.5 Å². The van der Waals surface area contributed by atoms with Gasteiger partial charge in [0.25, 0.3) is 11.8 Å². The molecule has 0 spiro atoms. The highest BCUT2D eigenvalue weighted by atomic mass is 35.5. The number of aryl methyl sites for hydroxylation is 1. The molecule has 4 fully saturated rings. The van der Waals surface area contributed by atoms with Crippen LogP contribution in [0.5, 0.6) is 5.75 Å². The first-order valence-electron chi connectivity index (χ1n) is 24.2. The zero-order valence-electron chi connectivity index (χ0n) is 40.7. The molecule has 21 heteroatoms. The Bertz CT molecular complexity index is 2590. The number of methoxy groups -OCH3 is 1. The first-order chi connectivity index (χ1) is 33.9. The Labute approximate surface area is 426 Å². The second-order valence-corrected chi connectivity index (χ2v) is 22.6. The fraction of sp³-hybridized carbons (Fsp3) is 0.540. The number of ether oxygens (including phenoxy) is 1. The summed E-state index contributed by atoms with van der Waals surface area (Å²) >= 11 is 9.10. The molecule has 8 rings (SSSR count). The quantitative estimate of drug-likeness (QED) is 0.0697. The molecule has 16 nitrogen and oxygen atoms in total. The largest absolute Gasteiger partial charge is 0.495 e. The topological polar surface area (TPSA) is 194 Å². The number of β-amino-alcohol motifs (C(OH)–C–C–N with tert-alkyl or cyclic N) is 1. The van der Waals surface area contributed by atoms with Gasteiger partial charge < -0.3 is 40.9 Å². The number of hydrogen-bond donors (Lipinski definition) is 5. The summed E-state index contributed by atoms with van der Waals surface area (Å²) in [4.78, 5) is 74.4. The van der Waals surface area contributed by atoms with Gasteiger partial charge in [-0.2, -0.15) is 16.7 Å². The van der Waals surface area contributed by atoms with Crippen molar-refractivity contribution in [3.05, 3.63) is 75.8 Å². The van der Waals surface area contributed by atoms with E-state index in [0.717, 1.165) is 55.9 Å². The molecule has 2 saturated carbocycles. The summed E-state index contributed by atoms with van der Waals surface area (Å²) in [5, 5.41) is 22.7. The first-order valence-corrected chi connectivity index (χ1v) is 26.5. The normalized spacial score (nSPS) is 21.6. The van der Waals surface area contributed by atoms with Crippen molar-refractivity contribution in [2.24, 2.45) is 11.8 Å². The summed E-state index contributed by atoms with van der Waals surface area (Å²) in [5.41, 5.74) is 2.53. The lowest BCUT2D eigenvalue weighted by Gasteiger charge is -2.40. The number of nitrogens with one attached hydrogen (secondary N) is 4. The van der Waals surface area contributed by atoms with E-state index in [9.17, 15) is 24.3 Å². The van der Waals surface area contributed by atoms with Gasteiger partial charge in [0.05, 0.1) is 41.2 Å². The second kappa shape index (κ2) is 22.3. The zero-order valence-corrected chi connectivity index (χ0v) is 43.1. The smallest absolute Gasteiger partial charge is 0.258 e. The van der Waals surface area contributed by atoms with Crippen molar-refractivity contribution in [1.82, 2.24) is 40.3 Å². The number of aliphatic hydroxyl groups excluding tert-OH is 1. The van der Waals surface area contributed by atoms with E-state index in [-0.39, 0.29) is 43.8 Å². The van der Waals surface area contributed by atoms with Crippen LogP contribution in [0.25, 0.3) is 10.4 Å². The number of thiazole rings is 1. The average Bonchev–Trinajstić information content (AvgIpc) is 3.77. The number of carbonyl (C=O) groups excluding carboxylic acids is 4. The zero-order chi connectivity index (χ0) is 50.6. The highest BCUT2D eigenvalue weighted by Gasteiger charge is 2.54. The number of aromatic nitrogens is 3. The fourth-order valence-corrected chi connectivity index (χ4v) is 12.0. The molecule has 2 aromatic carbocycles. The predicted octanol–water partition coefficient (Wildman–Crippen LogP) is 6.84. The molecule has 5 N–H and O–H groups in total. The van der Waals surface area contributed by atoms with Crippen LogP contribution in [0.3, 0.4) is 0 Å². The van der Waals surface area contributed by atoms with E-state index in [2.05, 4.69) is 41.1 Å².